The van der Waals surface area contributed by atoms with Gasteiger partial charge in [0.15, 0.2) is 0 Å². The number of amides is 1. The summed E-state index contributed by atoms with van der Waals surface area (Å²) >= 11 is 0. The Kier molecular flexibility index (Phi) is 13.4. The Morgan fingerprint density at radius 1 is 0.837 bits per heavy atom. The van der Waals surface area contributed by atoms with Crippen LogP contribution in [-0.2, 0) is 22.5 Å². The maximum Gasteiger partial charge on any atom is 0.233 e. The molecule has 1 aliphatic carbocycles. The maximum atomic E-state index is 13.3. The van der Waals surface area contributed by atoms with Crippen LogP contribution in [0.25, 0.3) is 0 Å². The lowest BCUT2D eigenvalue weighted by molar-refractivity contribution is -0.120. The summed E-state index contributed by atoms with van der Waals surface area (Å²) in [6, 6.07) is 13.9. The van der Waals surface area contributed by atoms with Gasteiger partial charge >= 0.3 is 0 Å². The number of aromatic nitrogens is 3. The Balaban J connectivity index is 1.30. The van der Waals surface area contributed by atoms with E-state index < -0.39 is 0 Å². The van der Waals surface area contributed by atoms with Crippen LogP contribution < -0.4 is 27.0 Å². The van der Waals surface area contributed by atoms with Crippen molar-refractivity contribution in [1.82, 2.24) is 20.3 Å². The van der Waals surface area contributed by atoms with Gasteiger partial charge in [-0.25, -0.2) is 4.39 Å². The molecule has 0 bridgehead atoms. The summed E-state index contributed by atoms with van der Waals surface area (Å²) in [5, 5.41) is 12.8. The molecule has 6 N–H and O–H groups in total. The number of unbranched alkanes of at least 4 members (excludes halogenated alkanes) is 2. The van der Waals surface area contributed by atoms with Crippen molar-refractivity contribution in [2.24, 2.45) is 11.7 Å². The highest BCUT2D eigenvalue weighted by atomic mass is 19.1. The number of nitrogens with two attached hydrogens (primary N) is 1. The number of halogens is 1. The molecule has 0 radical (unpaired) electrons. The number of hydrogen-bond donors (Lipinski definition) is 5. The zero-order chi connectivity index (χ0) is 30.1. The number of nitrogens with one attached hydrogen (secondary N) is 4. The van der Waals surface area contributed by atoms with Crippen LogP contribution in [0.3, 0.4) is 0 Å². The molecule has 11 heteroatoms. The van der Waals surface area contributed by atoms with Crippen LogP contribution in [0.1, 0.15) is 62.5 Å². The molecule has 1 saturated carbocycles. The Hall–Kier alpha value is -3.83. The third-order valence-corrected chi connectivity index (χ3v) is 7.41. The fourth-order valence-corrected chi connectivity index (χ4v) is 4.97. The molecule has 232 valence electrons. The Bertz CT molecular complexity index is 1240. The van der Waals surface area contributed by atoms with Crippen LogP contribution >= 0.6 is 0 Å². The maximum absolute atomic E-state index is 13.3. The van der Waals surface area contributed by atoms with Gasteiger partial charge in [0.05, 0.1) is 13.0 Å². The Morgan fingerprint density at radius 2 is 1.53 bits per heavy atom. The van der Waals surface area contributed by atoms with E-state index in [4.69, 9.17) is 10.5 Å². The minimum Gasteiger partial charge on any atom is -0.380 e. The first-order chi connectivity index (χ1) is 21.1. The number of ether oxygens (including phenoxy) is 1. The monoisotopic (exact) mass is 592 g/mol. The second-order valence-electron chi connectivity index (χ2n) is 11.0. The summed E-state index contributed by atoms with van der Waals surface area (Å²) in [5.74, 6) is 1.61. The van der Waals surface area contributed by atoms with Gasteiger partial charge in [0.1, 0.15) is 5.82 Å². The van der Waals surface area contributed by atoms with Crippen molar-refractivity contribution in [3.05, 3.63) is 65.5 Å². The predicted octanol–water partition coefficient (Wildman–Crippen LogP) is 5.16. The molecule has 1 aliphatic rings. The highest BCUT2D eigenvalue weighted by Gasteiger charge is 2.15. The third-order valence-electron chi connectivity index (χ3n) is 7.41. The van der Waals surface area contributed by atoms with E-state index in [0.717, 1.165) is 42.6 Å². The molecule has 10 nitrogen and oxygen atoms in total. The molecular weight excluding hydrogens is 547 g/mol. The van der Waals surface area contributed by atoms with E-state index in [1.807, 2.05) is 24.3 Å². The quantitative estimate of drug-likeness (QED) is 0.127. The minimum atomic E-state index is -0.272. The van der Waals surface area contributed by atoms with Gasteiger partial charge in [0.2, 0.25) is 23.8 Å². The lowest BCUT2D eigenvalue weighted by Crippen LogP contribution is -2.28. The average Bonchev–Trinajstić information content (AvgIpc) is 3.02. The molecule has 0 aliphatic heterocycles. The number of carbonyl (C=O) groups is 1. The molecule has 0 atom stereocenters. The lowest BCUT2D eigenvalue weighted by atomic mass is 9.89. The summed E-state index contributed by atoms with van der Waals surface area (Å²) < 4.78 is 18.9. The number of carbonyl (C=O) groups excluding carboxylic acids is 1. The molecule has 0 spiro atoms. The largest absolute Gasteiger partial charge is 0.380 e. The van der Waals surface area contributed by atoms with Crippen molar-refractivity contribution in [2.45, 2.75) is 64.3 Å². The van der Waals surface area contributed by atoms with Crippen LogP contribution in [0, 0.1) is 11.7 Å². The summed E-state index contributed by atoms with van der Waals surface area (Å²) in [5.41, 5.74) is 8.10. The minimum absolute atomic E-state index is 0.0459. The van der Waals surface area contributed by atoms with Gasteiger partial charge in [-0.1, -0.05) is 43.5 Å². The molecule has 1 heterocycles. The third kappa shape index (κ3) is 12.1. The average molecular weight is 593 g/mol. The number of benzene rings is 2. The van der Waals surface area contributed by atoms with E-state index in [0.29, 0.717) is 56.6 Å². The summed E-state index contributed by atoms with van der Waals surface area (Å²) in [6.45, 7) is 3.66. The predicted molar refractivity (Wildman–Crippen MR) is 169 cm³/mol. The molecule has 1 fully saturated rings. The lowest BCUT2D eigenvalue weighted by Gasteiger charge is -2.21. The van der Waals surface area contributed by atoms with E-state index in [1.54, 1.807) is 12.1 Å². The van der Waals surface area contributed by atoms with E-state index in [-0.39, 0.29) is 18.1 Å². The van der Waals surface area contributed by atoms with Crippen molar-refractivity contribution in [2.75, 3.05) is 48.8 Å². The molecule has 0 saturated heterocycles. The molecule has 1 aromatic heterocycles. The number of hydrogen-bond acceptors (Lipinski definition) is 9. The van der Waals surface area contributed by atoms with Gasteiger partial charge < -0.3 is 31.7 Å². The van der Waals surface area contributed by atoms with Crippen LogP contribution in [-0.4, -0.2) is 53.7 Å². The van der Waals surface area contributed by atoms with E-state index >= 15 is 0 Å². The number of nitrogens with zero attached hydrogens (tertiary/aromatic N) is 3. The molecular formula is C32H45FN8O2. The first-order valence-corrected chi connectivity index (χ1v) is 15.5. The summed E-state index contributed by atoms with van der Waals surface area (Å²) in [4.78, 5) is 26.1. The fraction of sp³-hybridized carbons (Fsp3) is 0.500. The van der Waals surface area contributed by atoms with Gasteiger partial charge in [-0.3, -0.25) is 4.79 Å². The van der Waals surface area contributed by atoms with Gasteiger partial charge in [-0.15, -0.1) is 0 Å². The standard InChI is InChI=1S/C32H45FN8O2/c33-27-13-9-26(10-14-27)23-37-31-39-30(36-22-25-7-3-1-4-8-25)40-32(41-31)38-28-15-11-24(12-16-28)21-29(42)35-18-20-43-19-6-2-5-17-34/h9-16,25H,1-8,17-23,34H2,(H,35,42)(H3,36,37,38,39,40,41). The number of rotatable bonds is 18. The Labute approximate surface area is 253 Å². The number of anilines is 4. The van der Waals surface area contributed by atoms with Crippen molar-refractivity contribution in [1.29, 1.82) is 0 Å². The van der Waals surface area contributed by atoms with Crippen LogP contribution in [0.2, 0.25) is 0 Å². The molecule has 4 rings (SSSR count). The molecule has 2 aromatic carbocycles. The van der Waals surface area contributed by atoms with Crippen molar-refractivity contribution in [3.63, 3.8) is 0 Å². The van der Waals surface area contributed by atoms with E-state index in [1.165, 1.54) is 44.2 Å². The SMILES string of the molecule is NCCCCCOCCNC(=O)Cc1ccc(Nc2nc(NCc3ccc(F)cc3)nc(NCC3CCCCC3)n2)cc1. The van der Waals surface area contributed by atoms with Gasteiger partial charge in [0.25, 0.3) is 0 Å². The van der Waals surface area contributed by atoms with Gasteiger partial charge in [0, 0.05) is 31.9 Å². The van der Waals surface area contributed by atoms with Gasteiger partial charge in [-0.2, -0.15) is 15.0 Å². The summed E-state index contributed by atoms with van der Waals surface area (Å²) in [6.07, 6.45) is 9.62. The highest BCUT2D eigenvalue weighted by molar-refractivity contribution is 5.78. The zero-order valence-electron chi connectivity index (χ0n) is 24.9. The van der Waals surface area contributed by atoms with Crippen molar-refractivity contribution < 1.29 is 13.9 Å². The highest BCUT2D eigenvalue weighted by Crippen LogP contribution is 2.24. The molecule has 3 aromatic rings. The second-order valence-corrected chi connectivity index (χ2v) is 11.0. The van der Waals surface area contributed by atoms with Crippen LogP contribution in [0.4, 0.5) is 27.9 Å². The zero-order valence-corrected chi connectivity index (χ0v) is 24.9. The summed E-state index contributed by atoms with van der Waals surface area (Å²) in [7, 11) is 0. The molecule has 43 heavy (non-hydrogen) atoms. The molecule has 1 amide bonds. The van der Waals surface area contributed by atoms with E-state index in [9.17, 15) is 9.18 Å². The smallest absolute Gasteiger partial charge is 0.233 e. The van der Waals surface area contributed by atoms with Crippen molar-refractivity contribution >= 4 is 29.4 Å². The van der Waals surface area contributed by atoms with Crippen molar-refractivity contribution in [3.8, 4) is 0 Å². The second kappa shape index (κ2) is 18.0. The first-order valence-electron chi connectivity index (χ1n) is 15.5. The fourth-order valence-electron chi connectivity index (χ4n) is 4.97. The van der Waals surface area contributed by atoms with Crippen LogP contribution in [0.5, 0.6) is 0 Å². The Morgan fingerprint density at radius 3 is 2.28 bits per heavy atom. The topological polar surface area (TPSA) is 139 Å². The van der Waals surface area contributed by atoms with Crippen LogP contribution in [0.15, 0.2) is 48.5 Å². The van der Waals surface area contributed by atoms with E-state index in [2.05, 4.69) is 36.2 Å². The normalized spacial score (nSPS) is 13.4. The van der Waals surface area contributed by atoms with Gasteiger partial charge in [-0.05, 0) is 80.0 Å². The first kappa shape index (κ1) is 32.1. The molecule has 0 unspecified atom stereocenters.